The van der Waals surface area contributed by atoms with Crippen molar-refractivity contribution in [1.29, 1.82) is 0 Å². The van der Waals surface area contributed by atoms with Crippen LogP contribution in [-0.4, -0.2) is 109 Å². The van der Waals surface area contributed by atoms with Gasteiger partial charge >= 0.3 is 12.1 Å². The number of likely N-dealkylation sites (N-methyl/N-ethyl adjacent to an activating group) is 1. The van der Waals surface area contributed by atoms with Gasteiger partial charge in [-0.2, -0.15) is 0 Å². The summed E-state index contributed by atoms with van der Waals surface area (Å²) in [6.45, 7) is 5.22. The molecule has 1 aromatic carbocycles. The van der Waals surface area contributed by atoms with E-state index < -0.39 is 47.1 Å². The number of hydrogen-bond acceptors (Lipinski definition) is 8. The van der Waals surface area contributed by atoms with Crippen LogP contribution < -0.4 is 10.2 Å². The minimum atomic E-state index is -1.52. The van der Waals surface area contributed by atoms with Crippen molar-refractivity contribution in [3.63, 3.8) is 0 Å². The van der Waals surface area contributed by atoms with Gasteiger partial charge < -0.3 is 9.80 Å². The Kier molecular flexibility index (Phi) is 5.94. The number of barbiturate groups is 2. The van der Waals surface area contributed by atoms with Gasteiger partial charge in [0.05, 0.1) is 6.04 Å². The zero-order valence-electron chi connectivity index (χ0n) is 21.4. The van der Waals surface area contributed by atoms with Crippen molar-refractivity contribution < 1.29 is 28.8 Å². The summed E-state index contributed by atoms with van der Waals surface area (Å²) in [7, 11) is 4.69. The topological polar surface area (TPSA) is 131 Å². The summed E-state index contributed by atoms with van der Waals surface area (Å²) >= 11 is 0. The Morgan fingerprint density at radius 3 is 2.37 bits per heavy atom. The van der Waals surface area contributed by atoms with Crippen molar-refractivity contribution in [2.24, 2.45) is 5.41 Å². The van der Waals surface area contributed by atoms with Gasteiger partial charge in [0.2, 0.25) is 11.8 Å². The smallest absolute Gasteiger partial charge is 0.332 e. The number of amides is 8. The lowest BCUT2D eigenvalue weighted by Crippen LogP contribution is -2.74. The molecule has 8 amide bonds. The van der Waals surface area contributed by atoms with Gasteiger partial charge in [-0.05, 0) is 42.8 Å². The van der Waals surface area contributed by atoms with Gasteiger partial charge in [0.15, 0.2) is 5.41 Å². The van der Waals surface area contributed by atoms with Crippen molar-refractivity contribution in [2.45, 2.75) is 12.5 Å². The highest BCUT2D eigenvalue weighted by molar-refractivity contribution is 6.31. The van der Waals surface area contributed by atoms with Crippen molar-refractivity contribution in [2.75, 3.05) is 52.2 Å². The minimum Gasteiger partial charge on any atom is -0.364 e. The standard InChI is InChI=1S/C26H28N6O6/c1-5-8-32-21(34)17(20(33)27-24(32)37)12-15-6-7-18-16(11-15)13-26(19-14-28(2)9-10-31(18)19)22(35)29(3)25(38)30(4)23(26)36/h5-7,11-12,19H,1,8-10,13-14H2,2-4H3,(H,27,33,37)/b17-12+. The van der Waals surface area contributed by atoms with Crippen molar-refractivity contribution in [3.05, 3.63) is 47.6 Å². The first-order valence-corrected chi connectivity index (χ1v) is 12.2. The second-order valence-corrected chi connectivity index (χ2v) is 10.0. The monoisotopic (exact) mass is 520 g/mol. The molecule has 0 saturated carbocycles. The summed E-state index contributed by atoms with van der Waals surface area (Å²) in [5, 5.41) is 2.16. The molecule has 3 saturated heterocycles. The molecule has 0 bridgehead atoms. The number of benzene rings is 1. The number of carbonyl (C=O) groups excluding carboxylic acids is 6. The van der Waals surface area contributed by atoms with Crippen LogP contribution in [0.25, 0.3) is 6.08 Å². The lowest BCUT2D eigenvalue weighted by atomic mass is 9.67. The van der Waals surface area contributed by atoms with Crippen molar-refractivity contribution in [3.8, 4) is 0 Å². The summed E-state index contributed by atoms with van der Waals surface area (Å²) in [6.07, 6.45) is 2.82. The van der Waals surface area contributed by atoms with Crippen molar-refractivity contribution >= 4 is 47.5 Å². The number of imide groups is 4. The van der Waals surface area contributed by atoms with E-state index in [4.69, 9.17) is 0 Å². The van der Waals surface area contributed by atoms with Crippen LogP contribution in [0.3, 0.4) is 0 Å². The van der Waals surface area contributed by atoms with Gasteiger partial charge in [0.25, 0.3) is 11.8 Å². The number of urea groups is 2. The molecule has 3 fully saturated rings. The molecule has 1 spiro atoms. The van der Waals surface area contributed by atoms with Gasteiger partial charge in [0, 0.05) is 46.0 Å². The highest BCUT2D eigenvalue weighted by Crippen LogP contribution is 2.47. The number of fused-ring (bicyclic) bond motifs is 4. The van der Waals surface area contributed by atoms with E-state index in [1.165, 1.54) is 26.2 Å². The highest BCUT2D eigenvalue weighted by Gasteiger charge is 2.63. The molecule has 1 unspecified atom stereocenters. The average Bonchev–Trinajstić information content (AvgIpc) is 2.89. The average molecular weight is 521 g/mol. The zero-order chi connectivity index (χ0) is 27.5. The molecule has 4 aliphatic heterocycles. The second-order valence-electron chi connectivity index (χ2n) is 10.0. The van der Waals surface area contributed by atoms with Crippen LogP contribution >= 0.6 is 0 Å². The molecule has 12 nitrogen and oxygen atoms in total. The van der Waals surface area contributed by atoms with Crippen LogP contribution in [0.5, 0.6) is 0 Å². The molecular weight excluding hydrogens is 492 g/mol. The van der Waals surface area contributed by atoms with E-state index in [1.807, 2.05) is 18.0 Å². The molecule has 38 heavy (non-hydrogen) atoms. The Hall–Kier alpha value is -4.32. The first-order valence-electron chi connectivity index (χ1n) is 12.2. The van der Waals surface area contributed by atoms with Crippen LogP contribution in [0, 0.1) is 5.41 Å². The fraction of sp³-hybridized carbons (Fsp3) is 0.385. The van der Waals surface area contributed by atoms with Gasteiger partial charge in [-0.3, -0.25) is 39.2 Å². The van der Waals surface area contributed by atoms with E-state index in [0.717, 1.165) is 20.4 Å². The number of anilines is 1. The van der Waals surface area contributed by atoms with Gasteiger partial charge in [-0.1, -0.05) is 12.1 Å². The maximum absolute atomic E-state index is 13.7. The molecule has 12 heteroatoms. The van der Waals surface area contributed by atoms with Crippen LogP contribution in [0.4, 0.5) is 15.3 Å². The third-order valence-corrected chi connectivity index (χ3v) is 7.79. The summed E-state index contributed by atoms with van der Waals surface area (Å²) in [4.78, 5) is 84.4. The van der Waals surface area contributed by atoms with E-state index in [9.17, 15) is 28.8 Å². The van der Waals surface area contributed by atoms with E-state index in [-0.39, 0.29) is 18.5 Å². The Balaban J connectivity index is 1.60. The zero-order valence-corrected chi connectivity index (χ0v) is 21.4. The summed E-state index contributed by atoms with van der Waals surface area (Å²) in [5.74, 6) is -2.66. The molecule has 4 aliphatic rings. The molecular formula is C26H28N6O6. The molecule has 4 heterocycles. The van der Waals surface area contributed by atoms with Crippen LogP contribution in [0.1, 0.15) is 11.1 Å². The third kappa shape index (κ3) is 3.55. The summed E-state index contributed by atoms with van der Waals surface area (Å²) in [5.41, 5.74) is 0.286. The first kappa shape index (κ1) is 25.3. The minimum absolute atomic E-state index is 0.0508. The third-order valence-electron chi connectivity index (χ3n) is 7.79. The summed E-state index contributed by atoms with van der Waals surface area (Å²) < 4.78 is 0. The van der Waals surface area contributed by atoms with E-state index in [0.29, 0.717) is 30.8 Å². The number of hydrogen-bond donors (Lipinski definition) is 1. The lowest BCUT2D eigenvalue weighted by Gasteiger charge is -2.55. The van der Waals surface area contributed by atoms with E-state index >= 15 is 0 Å². The molecule has 1 aromatic rings. The second kappa shape index (κ2) is 8.91. The molecule has 1 atom stereocenters. The van der Waals surface area contributed by atoms with E-state index in [1.54, 1.807) is 12.1 Å². The Labute approximate surface area is 219 Å². The SMILES string of the molecule is C=CCN1C(=O)NC(=O)/C(=C\c2ccc3c(c2)CC2(C(=O)N(C)C(=O)N(C)C2=O)C2CN(C)CCN32)C1=O. The number of carbonyl (C=O) groups is 6. The lowest BCUT2D eigenvalue weighted by molar-refractivity contribution is -0.160. The quantitative estimate of drug-likeness (QED) is 0.256. The number of piperazine rings is 1. The molecule has 0 radical (unpaired) electrons. The Morgan fingerprint density at radius 1 is 1.03 bits per heavy atom. The predicted molar refractivity (Wildman–Crippen MR) is 136 cm³/mol. The number of nitrogens with zero attached hydrogens (tertiary/aromatic N) is 5. The fourth-order valence-electron chi connectivity index (χ4n) is 5.85. The summed E-state index contributed by atoms with van der Waals surface area (Å²) in [6, 6.07) is 3.36. The molecule has 0 aliphatic carbocycles. The fourth-order valence-corrected chi connectivity index (χ4v) is 5.85. The van der Waals surface area contributed by atoms with Crippen LogP contribution in [-0.2, 0) is 25.6 Å². The molecule has 198 valence electrons. The predicted octanol–water partition coefficient (Wildman–Crippen LogP) is 0.0477. The van der Waals surface area contributed by atoms with Crippen LogP contribution in [0.2, 0.25) is 0 Å². The molecule has 0 aromatic heterocycles. The first-order chi connectivity index (χ1) is 18.0. The van der Waals surface area contributed by atoms with E-state index in [2.05, 4.69) is 16.8 Å². The molecule has 1 N–H and O–H groups in total. The Bertz CT molecular complexity index is 1330. The number of nitrogens with one attached hydrogen (secondary N) is 1. The van der Waals surface area contributed by atoms with Crippen molar-refractivity contribution in [1.82, 2.24) is 24.9 Å². The number of rotatable bonds is 3. The maximum Gasteiger partial charge on any atom is 0.332 e. The highest BCUT2D eigenvalue weighted by atomic mass is 16.2. The maximum atomic E-state index is 13.7. The van der Waals surface area contributed by atoms with Gasteiger partial charge in [-0.25, -0.2) is 9.59 Å². The van der Waals surface area contributed by atoms with Gasteiger partial charge in [-0.15, -0.1) is 6.58 Å². The van der Waals surface area contributed by atoms with Gasteiger partial charge in [0.1, 0.15) is 5.57 Å². The van der Waals surface area contributed by atoms with Crippen LogP contribution in [0.15, 0.2) is 36.4 Å². The molecule has 5 rings (SSSR count). The Morgan fingerprint density at radius 2 is 1.71 bits per heavy atom. The normalized spacial score (nSPS) is 24.7. The largest absolute Gasteiger partial charge is 0.364 e.